The molecule has 1 fully saturated rings. The molecule has 3 rings (SSSR count). The first-order valence-corrected chi connectivity index (χ1v) is 7.72. The maximum absolute atomic E-state index is 12.1. The third-order valence-electron chi connectivity index (χ3n) is 3.66. The van der Waals surface area contributed by atoms with E-state index in [1.807, 2.05) is 36.7 Å². The van der Waals surface area contributed by atoms with Crippen LogP contribution in [0.5, 0.6) is 0 Å². The molecule has 2 aromatic rings. The predicted octanol–water partition coefficient (Wildman–Crippen LogP) is 2.01. The lowest BCUT2D eigenvalue weighted by Gasteiger charge is -2.10. The van der Waals surface area contributed by atoms with Crippen molar-refractivity contribution in [2.24, 2.45) is 0 Å². The van der Waals surface area contributed by atoms with E-state index >= 15 is 0 Å². The third-order valence-corrected chi connectivity index (χ3v) is 3.66. The van der Waals surface area contributed by atoms with Crippen molar-refractivity contribution in [3.8, 4) is 0 Å². The van der Waals surface area contributed by atoms with Gasteiger partial charge in [-0.25, -0.2) is 14.5 Å². The lowest BCUT2D eigenvalue weighted by molar-refractivity contribution is 0.138. The van der Waals surface area contributed by atoms with Crippen molar-refractivity contribution >= 4 is 17.7 Å². The van der Waals surface area contributed by atoms with Crippen LogP contribution in [0.15, 0.2) is 18.6 Å². The van der Waals surface area contributed by atoms with Gasteiger partial charge in [0.25, 0.3) is 0 Å². The first kappa shape index (κ1) is 15.5. The number of nitrogens with one attached hydrogen (secondary N) is 1. The number of aryl methyl sites for hydroxylation is 1. The fourth-order valence-corrected chi connectivity index (χ4v) is 2.20. The van der Waals surface area contributed by atoms with Crippen LogP contribution in [0.2, 0.25) is 0 Å². The Bertz CT molecular complexity index is 686. The summed E-state index contributed by atoms with van der Waals surface area (Å²) in [4.78, 5) is 18.3. The zero-order chi connectivity index (χ0) is 16.4. The average Bonchev–Trinajstić information content (AvgIpc) is 3.13. The molecule has 0 spiro atoms. The summed E-state index contributed by atoms with van der Waals surface area (Å²) in [5.41, 5.74) is 1.56. The first-order valence-electron chi connectivity index (χ1n) is 7.72. The van der Waals surface area contributed by atoms with E-state index in [1.165, 1.54) is 4.57 Å². The summed E-state index contributed by atoms with van der Waals surface area (Å²) in [7, 11) is 3.87. The van der Waals surface area contributed by atoms with E-state index in [9.17, 15) is 4.79 Å². The summed E-state index contributed by atoms with van der Waals surface area (Å²) in [5, 5.41) is 7.50. The van der Waals surface area contributed by atoms with E-state index in [1.54, 1.807) is 12.5 Å². The Morgan fingerprint density at radius 1 is 1.48 bits per heavy atom. The summed E-state index contributed by atoms with van der Waals surface area (Å²) in [6, 6.07) is 2.36. The lowest BCUT2D eigenvalue weighted by atomic mass is 10.4. The molecule has 0 saturated heterocycles. The fourth-order valence-electron chi connectivity index (χ4n) is 2.20. The Morgan fingerprint density at radius 2 is 2.26 bits per heavy atom. The normalized spacial score (nSPS) is 14.3. The van der Waals surface area contributed by atoms with Gasteiger partial charge in [0, 0.05) is 18.4 Å². The Kier molecular flexibility index (Phi) is 4.33. The van der Waals surface area contributed by atoms with Crippen molar-refractivity contribution < 1.29 is 9.53 Å². The van der Waals surface area contributed by atoms with Crippen molar-refractivity contribution in [3.63, 3.8) is 0 Å². The van der Waals surface area contributed by atoms with Gasteiger partial charge >= 0.3 is 6.09 Å². The number of likely N-dealkylation sites (N-methyl/N-ethyl adjacent to an activating group) is 1. The standard InChI is InChI=1S/C15H22N6O2/c1-11-8-12(9-20(11)15(22)23-7-6-19(2)3)17-14-16-10-21(18-14)13-4-5-13/h8-10,13H,4-7H2,1-3H3,(H,17,18). The predicted molar refractivity (Wildman–Crippen MR) is 86.0 cm³/mol. The van der Waals surface area contributed by atoms with Gasteiger partial charge in [-0.3, -0.25) is 4.57 Å². The van der Waals surface area contributed by atoms with E-state index in [0.717, 1.165) is 24.2 Å². The molecule has 1 saturated carbocycles. The molecule has 0 unspecified atom stereocenters. The Labute approximate surface area is 135 Å². The van der Waals surface area contributed by atoms with Crippen LogP contribution < -0.4 is 5.32 Å². The van der Waals surface area contributed by atoms with Gasteiger partial charge in [0.15, 0.2) is 0 Å². The van der Waals surface area contributed by atoms with Gasteiger partial charge < -0.3 is 15.0 Å². The number of hydrogen-bond acceptors (Lipinski definition) is 6. The highest BCUT2D eigenvalue weighted by Gasteiger charge is 2.24. The van der Waals surface area contributed by atoms with Crippen molar-refractivity contribution in [1.29, 1.82) is 0 Å². The van der Waals surface area contributed by atoms with Gasteiger partial charge in [0.2, 0.25) is 5.95 Å². The van der Waals surface area contributed by atoms with E-state index in [2.05, 4.69) is 15.4 Å². The molecular formula is C15H22N6O2. The third kappa shape index (κ3) is 3.89. The summed E-state index contributed by atoms with van der Waals surface area (Å²) < 4.78 is 8.61. The molecule has 0 atom stereocenters. The molecule has 0 radical (unpaired) electrons. The molecule has 8 heteroatoms. The molecule has 23 heavy (non-hydrogen) atoms. The fraction of sp³-hybridized carbons (Fsp3) is 0.533. The van der Waals surface area contributed by atoms with E-state index in [-0.39, 0.29) is 6.09 Å². The number of carbonyl (C=O) groups excluding carboxylic acids is 1. The smallest absolute Gasteiger partial charge is 0.418 e. The van der Waals surface area contributed by atoms with Crippen LogP contribution in [0.1, 0.15) is 24.6 Å². The summed E-state index contributed by atoms with van der Waals surface area (Å²) in [5.74, 6) is 0.537. The molecule has 0 bridgehead atoms. The Balaban J connectivity index is 1.61. The van der Waals surface area contributed by atoms with Gasteiger partial charge in [-0.2, -0.15) is 0 Å². The van der Waals surface area contributed by atoms with Crippen LogP contribution >= 0.6 is 0 Å². The minimum absolute atomic E-state index is 0.361. The van der Waals surface area contributed by atoms with E-state index in [0.29, 0.717) is 25.1 Å². The second kappa shape index (κ2) is 6.41. The first-order chi connectivity index (χ1) is 11.0. The summed E-state index contributed by atoms with van der Waals surface area (Å²) >= 11 is 0. The molecule has 1 aliphatic carbocycles. The van der Waals surface area contributed by atoms with Crippen LogP contribution in [0.3, 0.4) is 0 Å². The van der Waals surface area contributed by atoms with Gasteiger partial charge in [-0.05, 0) is 39.9 Å². The number of rotatable bonds is 6. The summed E-state index contributed by atoms with van der Waals surface area (Å²) in [6.45, 7) is 2.91. The number of hydrogen-bond donors (Lipinski definition) is 1. The number of aromatic nitrogens is 4. The zero-order valence-corrected chi connectivity index (χ0v) is 13.7. The molecule has 0 aromatic carbocycles. The van der Waals surface area contributed by atoms with E-state index in [4.69, 9.17) is 4.74 Å². The van der Waals surface area contributed by atoms with Crippen LogP contribution in [-0.2, 0) is 4.74 Å². The van der Waals surface area contributed by atoms with Gasteiger partial charge in [-0.15, -0.1) is 5.10 Å². The SMILES string of the molecule is Cc1cc(Nc2ncn(C3CC3)n2)cn1C(=O)OCCN(C)C. The highest BCUT2D eigenvalue weighted by atomic mass is 16.5. The molecule has 1 aliphatic rings. The molecule has 124 valence electrons. The number of ether oxygens (including phenoxy) is 1. The van der Waals surface area contributed by atoms with Gasteiger partial charge in [-0.1, -0.05) is 0 Å². The second-order valence-electron chi connectivity index (χ2n) is 6.06. The molecule has 2 aromatic heterocycles. The topological polar surface area (TPSA) is 77.2 Å². The quantitative estimate of drug-likeness (QED) is 0.878. The minimum atomic E-state index is -0.381. The largest absolute Gasteiger partial charge is 0.448 e. The van der Waals surface area contributed by atoms with Gasteiger partial charge in [0.1, 0.15) is 12.9 Å². The highest BCUT2D eigenvalue weighted by Crippen LogP contribution is 2.34. The maximum atomic E-state index is 12.1. The molecule has 8 nitrogen and oxygen atoms in total. The molecule has 0 amide bonds. The van der Waals surface area contributed by atoms with Crippen LogP contribution in [0, 0.1) is 6.92 Å². The molecule has 0 aliphatic heterocycles. The van der Waals surface area contributed by atoms with E-state index < -0.39 is 0 Å². The number of nitrogens with zero attached hydrogens (tertiary/aromatic N) is 5. The highest BCUT2D eigenvalue weighted by molar-refractivity contribution is 5.74. The monoisotopic (exact) mass is 318 g/mol. The van der Waals surface area contributed by atoms with Crippen molar-refractivity contribution in [3.05, 3.63) is 24.3 Å². The van der Waals surface area contributed by atoms with Crippen LogP contribution in [-0.4, -0.2) is 57.6 Å². The van der Waals surface area contributed by atoms with Crippen molar-refractivity contribution in [2.75, 3.05) is 32.6 Å². The zero-order valence-electron chi connectivity index (χ0n) is 13.7. The summed E-state index contributed by atoms with van der Waals surface area (Å²) in [6.07, 6.45) is 5.38. The minimum Gasteiger partial charge on any atom is -0.448 e. The average molecular weight is 318 g/mol. The number of anilines is 2. The second-order valence-corrected chi connectivity index (χ2v) is 6.06. The van der Waals surface area contributed by atoms with Gasteiger partial charge in [0.05, 0.1) is 11.7 Å². The number of carbonyl (C=O) groups is 1. The molecule has 2 heterocycles. The maximum Gasteiger partial charge on any atom is 0.418 e. The molecular weight excluding hydrogens is 296 g/mol. The Hall–Kier alpha value is -2.35. The van der Waals surface area contributed by atoms with Crippen LogP contribution in [0.4, 0.5) is 16.4 Å². The lowest BCUT2D eigenvalue weighted by Crippen LogP contribution is -2.22. The van der Waals surface area contributed by atoms with Crippen LogP contribution in [0.25, 0.3) is 0 Å². The molecule has 1 N–H and O–H groups in total. The van der Waals surface area contributed by atoms with Crippen molar-refractivity contribution in [2.45, 2.75) is 25.8 Å². The Morgan fingerprint density at radius 3 is 2.96 bits per heavy atom. The van der Waals surface area contributed by atoms with Crippen molar-refractivity contribution in [1.82, 2.24) is 24.2 Å².